The zero-order valence-corrected chi connectivity index (χ0v) is 5.33. The molecule has 3 nitrogen and oxygen atoms in total. The minimum atomic E-state index is 0.653. The van der Waals surface area contributed by atoms with Crippen LogP contribution in [0.4, 0.5) is 11.4 Å². The van der Waals surface area contributed by atoms with E-state index in [0.717, 1.165) is 5.69 Å². The van der Waals surface area contributed by atoms with Crippen LogP contribution in [0.5, 0.6) is 0 Å². The average Bonchev–Trinajstić information content (AvgIpc) is 1.88. The second-order valence-corrected chi connectivity index (χ2v) is 1.86. The molecule has 50 valence electrons. The predicted octanol–water partition coefficient (Wildman–Crippen LogP) is 1.16. The van der Waals surface area contributed by atoms with E-state index in [4.69, 9.17) is 11.0 Å². The number of nitrogen functional groups attached to an aromatic ring is 1. The van der Waals surface area contributed by atoms with Crippen molar-refractivity contribution >= 4 is 11.4 Å². The number of nitrogens with one attached hydrogen (secondary N) is 1. The molecule has 0 spiro atoms. The predicted molar refractivity (Wildman–Crippen MR) is 40.1 cm³/mol. The monoisotopic (exact) mass is 133 g/mol. The van der Waals surface area contributed by atoms with Gasteiger partial charge in [-0.2, -0.15) is 5.26 Å². The Morgan fingerprint density at radius 2 is 2.30 bits per heavy atom. The fourth-order valence-electron chi connectivity index (χ4n) is 0.681. The third-order valence-corrected chi connectivity index (χ3v) is 1.09. The summed E-state index contributed by atoms with van der Waals surface area (Å²) in [6.45, 7) is 0. The molecule has 1 rings (SSSR count). The number of rotatable bonds is 1. The third kappa shape index (κ3) is 1.39. The Hall–Kier alpha value is -1.69. The van der Waals surface area contributed by atoms with Gasteiger partial charge in [0.1, 0.15) is 0 Å². The molecule has 1 aromatic carbocycles. The summed E-state index contributed by atoms with van der Waals surface area (Å²) in [6, 6.07) is 7.03. The second-order valence-electron chi connectivity index (χ2n) is 1.86. The smallest absolute Gasteiger partial charge is 0.181 e. The van der Waals surface area contributed by atoms with Gasteiger partial charge < -0.3 is 5.73 Å². The minimum absolute atomic E-state index is 0.653. The van der Waals surface area contributed by atoms with Gasteiger partial charge in [0.05, 0.1) is 0 Å². The topological polar surface area (TPSA) is 61.8 Å². The van der Waals surface area contributed by atoms with Crippen LogP contribution in [-0.2, 0) is 0 Å². The lowest BCUT2D eigenvalue weighted by Gasteiger charge is -1.96. The van der Waals surface area contributed by atoms with E-state index in [1.807, 2.05) is 0 Å². The summed E-state index contributed by atoms with van der Waals surface area (Å²) in [4.78, 5) is 0. The molecule has 0 saturated heterocycles. The SMILES string of the molecule is N#CNc1cccc(N)c1. The van der Waals surface area contributed by atoms with Crippen molar-refractivity contribution in [3.63, 3.8) is 0 Å². The first-order chi connectivity index (χ1) is 4.83. The number of nitriles is 1. The number of benzene rings is 1. The molecule has 0 aliphatic heterocycles. The van der Waals surface area contributed by atoms with Crippen LogP contribution < -0.4 is 11.1 Å². The van der Waals surface area contributed by atoms with E-state index in [1.54, 1.807) is 30.5 Å². The second kappa shape index (κ2) is 2.74. The van der Waals surface area contributed by atoms with Gasteiger partial charge in [-0.25, -0.2) is 0 Å². The van der Waals surface area contributed by atoms with Gasteiger partial charge in [-0.1, -0.05) is 6.07 Å². The van der Waals surface area contributed by atoms with Crippen LogP contribution in [0.25, 0.3) is 0 Å². The highest BCUT2D eigenvalue weighted by Crippen LogP contribution is 2.10. The first kappa shape index (κ1) is 6.43. The van der Waals surface area contributed by atoms with E-state index in [2.05, 4.69) is 5.32 Å². The molecule has 3 heteroatoms. The number of anilines is 2. The third-order valence-electron chi connectivity index (χ3n) is 1.09. The Balaban J connectivity index is 2.87. The van der Waals surface area contributed by atoms with Gasteiger partial charge in [0.25, 0.3) is 0 Å². The normalized spacial score (nSPS) is 8.30. The van der Waals surface area contributed by atoms with Crippen molar-refractivity contribution in [2.45, 2.75) is 0 Å². The van der Waals surface area contributed by atoms with E-state index >= 15 is 0 Å². The van der Waals surface area contributed by atoms with E-state index in [1.165, 1.54) is 0 Å². The maximum Gasteiger partial charge on any atom is 0.181 e. The molecule has 0 amide bonds. The van der Waals surface area contributed by atoms with Crippen molar-refractivity contribution in [3.8, 4) is 6.19 Å². The molecule has 0 bridgehead atoms. The van der Waals surface area contributed by atoms with Gasteiger partial charge in [-0.05, 0) is 18.2 Å². The lowest BCUT2D eigenvalue weighted by molar-refractivity contribution is 1.47. The largest absolute Gasteiger partial charge is 0.399 e. The average molecular weight is 133 g/mol. The Morgan fingerprint density at radius 1 is 1.50 bits per heavy atom. The molecular formula is C7H7N3. The van der Waals surface area contributed by atoms with Gasteiger partial charge in [0.2, 0.25) is 0 Å². The van der Waals surface area contributed by atoms with Crippen LogP contribution in [0.1, 0.15) is 0 Å². The summed E-state index contributed by atoms with van der Waals surface area (Å²) in [5, 5.41) is 10.7. The number of hydrogen-bond acceptors (Lipinski definition) is 3. The molecule has 0 aromatic heterocycles. The Labute approximate surface area is 59.1 Å². The van der Waals surface area contributed by atoms with Crippen molar-refractivity contribution < 1.29 is 0 Å². The highest BCUT2D eigenvalue weighted by Gasteiger charge is 1.87. The van der Waals surface area contributed by atoms with E-state index in [-0.39, 0.29) is 0 Å². The molecule has 0 atom stereocenters. The summed E-state index contributed by atoms with van der Waals surface area (Å²) in [5.41, 5.74) is 6.82. The van der Waals surface area contributed by atoms with Gasteiger partial charge in [-0.3, -0.25) is 5.32 Å². The zero-order chi connectivity index (χ0) is 7.40. The molecule has 0 heterocycles. The van der Waals surface area contributed by atoms with Crippen molar-refractivity contribution in [3.05, 3.63) is 24.3 Å². The lowest BCUT2D eigenvalue weighted by atomic mass is 10.3. The van der Waals surface area contributed by atoms with Crippen LogP contribution in [0.3, 0.4) is 0 Å². The molecule has 0 fully saturated rings. The summed E-state index contributed by atoms with van der Waals surface area (Å²) in [5.74, 6) is 0. The molecule has 0 unspecified atom stereocenters. The molecule has 0 aliphatic rings. The first-order valence-electron chi connectivity index (χ1n) is 2.83. The maximum atomic E-state index is 8.21. The van der Waals surface area contributed by atoms with E-state index < -0.39 is 0 Å². The van der Waals surface area contributed by atoms with Crippen LogP contribution >= 0.6 is 0 Å². The Kier molecular flexibility index (Phi) is 1.76. The zero-order valence-electron chi connectivity index (χ0n) is 5.33. The minimum Gasteiger partial charge on any atom is -0.399 e. The molecule has 1 aromatic rings. The highest BCUT2D eigenvalue weighted by molar-refractivity contribution is 5.55. The first-order valence-corrected chi connectivity index (χ1v) is 2.83. The molecule has 0 saturated carbocycles. The van der Waals surface area contributed by atoms with Crippen molar-refractivity contribution in [1.29, 1.82) is 5.26 Å². The van der Waals surface area contributed by atoms with Gasteiger partial charge in [0, 0.05) is 11.4 Å². The van der Waals surface area contributed by atoms with Crippen molar-refractivity contribution in [2.75, 3.05) is 11.1 Å². The van der Waals surface area contributed by atoms with Crippen LogP contribution in [0, 0.1) is 11.5 Å². The molecule has 10 heavy (non-hydrogen) atoms. The summed E-state index contributed by atoms with van der Waals surface area (Å²) in [7, 11) is 0. The van der Waals surface area contributed by atoms with Crippen molar-refractivity contribution in [1.82, 2.24) is 0 Å². The fraction of sp³-hybridized carbons (Fsp3) is 0. The standard InChI is InChI=1S/C7H7N3/c8-5-10-7-3-1-2-6(9)4-7/h1-4,10H,9H2. The van der Waals surface area contributed by atoms with Gasteiger partial charge >= 0.3 is 0 Å². The number of nitrogens with zero attached hydrogens (tertiary/aromatic N) is 1. The van der Waals surface area contributed by atoms with Crippen LogP contribution in [0.2, 0.25) is 0 Å². The van der Waals surface area contributed by atoms with Gasteiger partial charge in [-0.15, -0.1) is 0 Å². The molecular weight excluding hydrogens is 126 g/mol. The molecule has 0 aliphatic carbocycles. The van der Waals surface area contributed by atoms with Gasteiger partial charge in [0.15, 0.2) is 6.19 Å². The molecule has 0 radical (unpaired) electrons. The summed E-state index contributed by atoms with van der Waals surface area (Å²) in [6.07, 6.45) is 1.81. The highest BCUT2D eigenvalue weighted by atomic mass is 14.9. The number of hydrogen-bond donors (Lipinski definition) is 2. The Morgan fingerprint density at radius 3 is 2.90 bits per heavy atom. The lowest BCUT2D eigenvalue weighted by Crippen LogP contribution is -1.89. The van der Waals surface area contributed by atoms with E-state index in [0.29, 0.717) is 5.69 Å². The fourth-order valence-corrected chi connectivity index (χ4v) is 0.681. The van der Waals surface area contributed by atoms with Crippen LogP contribution in [0.15, 0.2) is 24.3 Å². The van der Waals surface area contributed by atoms with Crippen molar-refractivity contribution in [2.24, 2.45) is 0 Å². The van der Waals surface area contributed by atoms with E-state index in [9.17, 15) is 0 Å². The number of nitrogens with two attached hydrogens (primary N) is 1. The maximum absolute atomic E-state index is 8.21. The summed E-state index contributed by atoms with van der Waals surface area (Å²) < 4.78 is 0. The molecule has 3 N–H and O–H groups in total. The van der Waals surface area contributed by atoms with Crippen LogP contribution in [-0.4, -0.2) is 0 Å². The quantitative estimate of drug-likeness (QED) is 0.343. The summed E-state index contributed by atoms with van der Waals surface area (Å²) >= 11 is 0. The Bertz CT molecular complexity index is 262.